The van der Waals surface area contributed by atoms with Crippen LogP contribution in [0.1, 0.15) is 12.0 Å². The predicted molar refractivity (Wildman–Crippen MR) is 57.5 cm³/mol. The van der Waals surface area contributed by atoms with Crippen molar-refractivity contribution in [3.8, 4) is 0 Å². The summed E-state index contributed by atoms with van der Waals surface area (Å²) in [5.74, 6) is 0. The van der Waals surface area contributed by atoms with Crippen molar-refractivity contribution < 1.29 is 4.74 Å². The quantitative estimate of drug-likeness (QED) is 0.783. The van der Waals surface area contributed by atoms with Crippen molar-refractivity contribution in [1.29, 1.82) is 0 Å². The van der Waals surface area contributed by atoms with E-state index in [1.807, 2.05) is 7.05 Å². The number of hydrogen-bond donors (Lipinski definition) is 1. The lowest BCUT2D eigenvalue weighted by molar-refractivity contribution is 0.176. The molecule has 1 heterocycles. The zero-order chi connectivity index (χ0) is 9.86. The first kappa shape index (κ1) is 9.69. The van der Waals surface area contributed by atoms with Gasteiger partial charge in [0.05, 0.1) is 6.61 Å². The molecule has 0 saturated carbocycles. The number of likely N-dealkylation sites (N-methyl/N-ethyl adjacent to an activating group) is 1. The van der Waals surface area contributed by atoms with E-state index in [1.165, 1.54) is 5.56 Å². The first-order chi connectivity index (χ1) is 6.87. The molecule has 2 nitrogen and oxygen atoms in total. The van der Waals surface area contributed by atoms with Gasteiger partial charge < -0.3 is 10.1 Å². The molecule has 2 rings (SSSR count). The lowest BCUT2D eigenvalue weighted by Crippen LogP contribution is -2.37. The van der Waals surface area contributed by atoms with E-state index in [1.54, 1.807) is 0 Å². The summed E-state index contributed by atoms with van der Waals surface area (Å²) in [6, 6.07) is 10.7. The van der Waals surface area contributed by atoms with E-state index < -0.39 is 0 Å². The summed E-state index contributed by atoms with van der Waals surface area (Å²) in [7, 11) is 2.00. The highest BCUT2D eigenvalue weighted by molar-refractivity contribution is 5.27. The summed E-state index contributed by atoms with van der Waals surface area (Å²) >= 11 is 0. The average molecular weight is 191 g/mol. The molecular weight excluding hydrogens is 174 g/mol. The minimum Gasteiger partial charge on any atom is -0.380 e. The first-order valence-electron chi connectivity index (χ1n) is 5.15. The van der Waals surface area contributed by atoms with Crippen molar-refractivity contribution in [1.82, 2.24) is 5.32 Å². The van der Waals surface area contributed by atoms with E-state index >= 15 is 0 Å². The maximum Gasteiger partial charge on any atom is 0.0576 e. The molecule has 1 atom stereocenters. The third kappa shape index (κ3) is 1.68. The molecule has 0 aliphatic carbocycles. The zero-order valence-corrected chi connectivity index (χ0v) is 8.62. The van der Waals surface area contributed by atoms with E-state index in [-0.39, 0.29) is 5.41 Å². The molecule has 1 aromatic carbocycles. The second-order valence-corrected chi connectivity index (χ2v) is 3.98. The van der Waals surface area contributed by atoms with Gasteiger partial charge >= 0.3 is 0 Å². The maximum absolute atomic E-state index is 5.53. The van der Waals surface area contributed by atoms with Crippen molar-refractivity contribution in [3.05, 3.63) is 35.9 Å². The Labute approximate surface area is 85.3 Å². The fourth-order valence-electron chi connectivity index (χ4n) is 2.21. The van der Waals surface area contributed by atoms with Crippen LogP contribution in [0, 0.1) is 0 Å². The van der Waals surface area contributed by atoms with Crippen LogP contribution in [-0.4, -0.2) is 26.8 Å². The summed E-state index contributed by atoms with van der Waals surface area (Å²) in [6.45, 7) is 2.73. The van der Waals surface area contributed by atoms with Crippen molar-refractivity contribution in [2.24, 2.45) is 0 Å². The fraction of sp³-hybridized carbons (Fsp3) is 0.500. The second kappa shape index (κ2) is 4.11. The largest absolute Gasteiger partial charge is 0.380 e. The minimum atomic E-state index is 0.204. The SMILES string of the molecule is CNCC1(c2ccccc2)CCOC1. The molecule has 1 saturated heterocycles. The average Bonchev–Trinajstić information content (AvgIpc) is 2.70. The second-order valence-electron chi connectivity index (χ2n) is 3.98. The van der Waals surface area contributed by atoms with Gasteiger partial charge in [0.25, 0.3) is 0 Å². The van der Waals surface area contributed by atoms with Gasteiger partial charge in [-0.25, -0.2) is 0 Å². The van der Waals surface area contributed by atoms with Gasteiger partial charge in [-0.2, -0.15) is 0 Å². The molecule has 0 amide bonds. The zero-order valence-electron chi connectivity index (χ0n) is 8.62. The number of ether oxygens (including phenoxy) is 1. The van der Waals surface area contributed by atoms with Crippen LogP contribution in [0.3, 0.4) is 0 Å². The van der Waals surface area contributed by atoms with E-state index in [0.29, 0.717) is 0 Å². The molecule has 1 unspecified atom stereocenters. The van der Waals surface area contributed by atoms with E-state index in [9.17, 15) is 0 Å². The molecular formula is C12H17NO. The Morgan fingerprint density at radius 2 is 2.14 bits per heavy atom. The van der Waals surface area contributed by atoms with E-state index in [0.717, 1.165) is 26.2 Å². The van der Waals surface area contributed by atoms with Gasteiger partial charge in [-0.3, -0.25) is 0 Å². The minimum absolute atomic E-state index is 0.204. The molecule has 0 aromatic heterocycles. The molecule has 1 aromatic rings. The van der Waals surface area contributed by atoms with Crippen LogP contribution in [-0.2, 0) is 10.2 Å². The summed E-state index contributed by atoms with van der Waals surface area (Å²) in [6.07, 6.45) is 1.12. The van der Waals surface area contributed by atoms with Gasteiger partial charge in [-0.1, -0.05) is 30.3 Å². The van der Waals surface area contributed by atoms with Crippen LogP contribution >= 0.6 is 0 Å². The summed E-state index contributed by atoms with van der Waals surface area (Å²) in [5, 5.41) is 3.27. The van der Waals surface area contributed by atoms with Crippen LogP contribution in [0.2, 0.25) is 0 Å². The van der Waals surface area contributed by atoms with Gasteiger partial charge in [0.15, 0.2) is 0 Å². The molecule has 76 valence electrons. The molecule has 2 heteroatoms. The predicted octanol–water partition coefficient (Wildman–Crippen LogP) is 1.56. The van der Waals surface area contributed by atoms with Crippen molar-refractivity contribution >= 4 is 0 Å². The highest BCUT2D eigenvalue weighted by Gasteiger charge is 2.35. The summed E-state index contributed by atoms with van der Waals surface area (Å²) in [5.41, 5.74) is 1.60. The highest BCUT2D eigenvalue weighted by Crippen LogP contribution is 2.32. The van der Waals surface area contributed by atoms with Crippen LogP contribution < -0.4 is 5.32 Å². The number of rotatable bonds is 3. The smallest absolute Gasteiger partial charge is 0.0576 e. The Hall–Kier alpha value is -0.860. The Kier molecular flexibility index (Phi) is 2.85. The summed E-state index contributed by atoms with van der Waals surface area (Å²) in [4.78, 5) is 0. The molecule has 0 spiro atoms. The Balaban J connectivity index is 2.27. The van der Waals surface area contributed by atoms with Crippen LogP contribution in [0.4, 0.5) is 0 Å². The Morgan fingerprint density at radius 1 is 1.36 bits per heavy atom. The van der Waals surface area contributed by atoms with Crippen LogP contribution in [0.5, 0.6) is 0 Å². The van der Waals surface area contributed by atoms with Crippen LogP contribution in [0.15, 0.2) is 30.3 Å². The van der Waals surface area contributed by atoms with Gasteiger partial charge in [-0.15, -0.1) is 0 Å². The lowest BCUT2D eigenvalue weighted by atomic mass is 9.80. The Bertz CT molecular complexity index is 278. The van der Waals surface area contributed by atoms with Gasteiger partial charge in [0.2, 0.25) is 0 Å². The van der Waals surface area contributed by atoms with E-state index in [2.05, 4.69) is 35.6 Å². The van der Waals surface area contributed by atoms with Crippen molar-refractivity contribution in [2.75, 3.05) is 26.8 Å². The molecule has 1 N–H and O–H groups in total. The summed E-state index contributed by atoms with van der Waals surface area (Å²) < 4.78 is 5.53. The first-order valence-corrected chi connectivity index (χ1v) is 5.15. The van der Waals surface area contributed by atoms with Crippen molar-refractivity contribution in [3.63, 3.8) is 0 Å². The number of hydrogen-bond acceptors (Lipinski definition) is 2. The Morgan fingerprint density at radius 3 is 2.71 bits per heavy atom. The standard InChI is InChI=1S/C12H17NO/c1-13-9-12(7-8-14-10-12)11-5-3-2-4-6-11/h2-6,13H,7-10H2,1H3. The molecule has 14 heavy (non-hydrogen) atoms. The van der Waals surface area contributed by atoms with Crippen LogP contribution in [0.25, 0.3) is 0 Å². The van der Waals surface area contributed by atoms with Gasteiger partial charge in [0, 0.05) is 18.6 Å². The van der Waals surface area contributed by atoms with Crippen molar-refractivity contribution in [2.45, 2.75) is 11.8 Å². The fourth-order valence-corrected chi connectivity index (χ4v) is 2.21. The van der Waals surface area contributed by atoms with E-state index in [4.69, 9.17) is 4.74 Å². The lowest BCUT2D eigenvalue weighted by Gasteiger charge is -2.27. The molecule has 1 aliphatic rings. The van der Waals surface area contributed by atoms with Gasteiger partial charge in [-0.05, 0) is 19.0 Å². The number of nitrogens with one attached hydrogen (secondary N) is 1. The molecule has 0 bridgehead atoms. The normalized spacial score (nSPS) is 26.6. The number of benzene rings is 1. The van der Waals surface area contributed by atoms with Gasteiger partial charge in [0.1, 0.15) is 0 Å². The molecule has 1 fully saturated rings. The topological polar surface area (TPSA) is 21.3 Å². The maximum atomic E-state index is 5.53. The molecule has 1 aliphatic heterocycles. The molecule has 0 radical (unpaired) electrons. The third-order valence-electron chi connectivity index (χ3n) is 3.00. The third-order valence-corrected chi connectivity index (χ3v) is 3.00. The highest BCUT2D eigenvalue weighted by atomic mass is 16.5. The monoisotopic (exact) mass is 191 g/mol.